The number of fused-ring (bicyclic) bond motifs is 1. The average molecular weight is 484 g/mol. The second-order valence-electron chi connectivity index (χ2n) is 8.78. The SMILES string of the molecule is C[C@@H]1O[C@@H](OCC#Cc2c(-c3ccccc3)sc3ccccc23)CC[C@@H]1NCc1ccc(O)cc1. The Morgan fingerprint density at radius 2 is 1.77 bits per heavy atom. The van der Waals surface area contributed by atoms with Crippen molar-refractivity contribution in [1.82, 2.24) is 5.32 Å². The van der Waals surface area contributed by atoms with Gasteiger partial charge in [0.25, 0.3) is 0 Å². The molecule has 0 bridgehead atoms. The topological polar surface area (TPSA) is 50.7 Å². The van der Waals surface area contributed by atoms with Crippen LogP contribution in [0.2, 0.25) is 0 Å². The minimum absolute atomic E-state index is 0.0457. The number of hydrogen-bond acceptors (Lipinski definition) is 5. The van der Waals surface area contributed by atoms with Gasteiger partial charge in [0.2, 0.25) is 0 Å². The molecule has 2 heterocycles. The van der Waals surface area contributed by atoms with Crippen LogP contribution in [0, 0.1) is 11.8 Å². The fourth-order valence-corrected chi connectivity index (χ4v) is 5.59. The van der Waals surface area contributed by atoms with E-state index >= 15 is 0 Å². The number of ether oxygens (including phenoxy) is 2. The van der Waals surface area contributed by atoms with Crippen LogP contribution in [-0.2, 0) is 16.0 Å². The van der Waals surface area contributed by atoms with Gasteiger partial charge in [-0.25, -0.2) is 0 Å². The number of aromatic hydroxyl groups is 1. The maximum absolute atomic E-state index is 9.44. The molecule has 178 valence electrons. The van der Waals surface area contributed by atoms with Crippen LogP contribution in [-0.4, -0.2) is 30.1 Å². The van der Waals surface area contributed by atoms with Crippen LogP contribution < -0.4 is 5.32 Å². The van der Waals surface area contributed by atoms with E-state index in [2.05, 4.69) is 72.6 Å². The fourth-order valence-electron chi connectivity index (χ4n) is 4.43. The molecule has 0 amide bonds. The lowest BCUT2D eigenvalue weighted by Crippen LogP contribution is -2.46. The molecule has 35 heavy (non-hydrogen) atoms. The molecule has 0 aliphatic carbocycles. The van der Waals surface area contributed by atoms with Crippen molar-refractivity contribution in [3.8, 4) is 28.0 Å². The Morgan fingerprint density at radius 1 is 1.00 bits per heavy atom. The van der Waals surface area contributed by atoms with Gasteiger partial charge >= 0.3 is 0 Å². The zero-order valence-corrected chi connectivity index (χ0v) is 20.6. The summed E-state index contributed by atoms with van der Waals surface area (Å²) in [7, 11) is 0. The minimum atomic E-state index is -0.237. The summed E-state index contributed by atoms with van der Waals surface area (Å²) < 4.78 is 13.3. The molecule has 0 spiro atoms. The number of hydrogen-bond donors (Lipinski definition) is 2. The van der Waals surface area contributed by atoms with E-state index in [0.29, 0.717) is 6.61 Å². The molecule has 0 radical (unpaired) electrons. The predicted molar refractivity (Wildman–Crippen MR) is 142 cm³/mol. The van der Waals surface area contributed by atoms with Gasteiger partial charge in [0.1, 0.15) is 12.4 Å². The summed E-state index contributed by atoms with van der Waals surface area (Å²) in [6.07, 6.45) is 1.61. The third kappa shape index (κ3) is 5.75. The van der Waals surface area contributed by atoms with Crippen LogP contribution in [0.15, 0.2) is 78.9 Å². The Labute approximate surface area is 210 Å². The number of rotatable bonds is 6. The molecule has 5 rings (SSSR count). The normalized spacial score (nSPS) is 19.9. The van der Waals surface area contributed by atoms with Gasteiger partial charge in [-0.1, -0.05) is 72.5 Å². The second-order valence-corrected chi connectivity index (χ2v) is 9.84. The van der Waals surface area contributed by atoms with Crippen LogP contribution in [0.3, 0.4) is 0 Å². The van der Waals surface area contributed by atoms with Gasteiger partial charge in [-0.2, -0.15) is 0 Å². The van der Waals surface area contributed by atoms with E-state index in [1.807, 2.05) is 18.2 Å². The van der Waals surface area contributed by atoms with Crippen LogP contribution in [0.25, 0.3) is 20.5 Å². The van der Waals surface area contributed by atoms with Crippen molar-refractivity contribution in [3.05, 3.63) is 90.0 Å². The van der Waals surface area contributed by atoms with Gasteiger partial charge in [-0.3, -0.25) is 0 Å². The molecule has 2 N–H and O–H groups in total. The maximum Gasteiger partial charge on any atom is 0.159 e. The summed E-state index contributed by atoms with van der Waals surface area (Å²) in [4.78, 5) is 1.20. The highest BCUT2D eigenvalue weighted by Gasteiger charge is 2.28. The van der Waals surface area contributed by atoms with Crippen molar-refractivity contribution in [2.24, 2.45) is 0 Å². The molecule has 4 aromatic rings. The molecule has 5 heteroatoms. The monoisotopic (exact) mass is 483 g/mol. The first-order chi connectivity index (χ1) is 17.2. The van der Waals surface area contributed by atoms with Crippen molar-refractivity contribution < 1.29 is 14.6 Å². The highest BCUT2D eigenvalue weighted by atomic mass is 32.1. The molecule has 3 aromatic carbocycles. The summed E-state index contributed by atoms with van der Waals surface area (Å²) in [5, 5.41) is 14.2. The Bertz CT molecular complexity index is 1320. The third-order valence-electron chi connectivity index (χ3n) is 6.34. The van der Waals surface area contributed by atoms with Gasteiger partial charge in [-0.15, -0.1) is 11.3 Å². The van der Waals surface area contributed by atoms with Crippen LogP contribution >= 0.6 is 11.3 Å². The van der Waals surface area contributed by atoms with Crippen molar-refractivity contribution in [3.63, 3.8) is 0 Å². The molecule has 0 unspecified atom stereocenters. The molecule has 1 aliphatic rings. The lowest BCUT2D eigenvalue weighted by Gasteiger charge is -2.34. The standard InChI is InChI=1S/C30H29NO3S/c1-21-27(31-20-22-13-15-24(32)16-14-22)17-18-29(34-21)33-19-7-11-26-25-10-5-6-12-28(25)35-30(26)23-8-3-2-4-9-23/h2-6,8-10,12-16,21,27,29,31-32H,17-20H2,1H3/t21-,27-,29+/m0/s1. The van der Waals surface area contributed by atoms with Crippen LogP contribution in [0.4, 0.5) is 0 Å². The predicted octanol–water partition coefficient (Wildman–Crippen LogP) is 6.33. The lowest BCUT2D eigenvalue weighted by molar-refractivity contribution is -0.190. The van der Waals surface area contributed by atoms with Crippen LogP contribution in [0.1, 0.15) is 30.9 Å². The fraction of sp³-hybridized carbons (Fsp3) is 0.267. The summed E-state index contributed by atoms with van der Waals surface area (Å²) in [6, 6.07) is 26.4. The molecule has 0 saturated carbocycles. The Kier molecular flexibility index (Phi) is 7.46. The van der Waals surface area contributed by atoms with Gasteiger partial charge in [0.05, 0.1) is 16.5 Å². The van der Waals surface area contributed by atoms with Crippen molar-refractivity contribution >= 4 is 21.4 Å². The molecule has 1 aliphatic heterocycles. The number of phenolic OH excluding ortho intramolecular Hbond substituents is 1. The summed E-state index contributed by atoms with van der Waals surface area (Å²) in [5.41, 5.74) is 3.39. The molecular weight excluding hydrogens is 454 g/mol. The molecular formula is C30H29NO3S. The first kappa shape index (κ1) is 23.6. The Balaban J connectivity index is 1.18. The molecule has 1 aromatic heterocycles. The minimum Gasteiger partial charge on any atom is -0.508 e. The smallest absolute Gasteiger partial charge is 0.159 e. The van der Waals surface area contributed by atoms with Gasteiger partial charge < -0.3 is 19.9 Å². The molecule has 4 nitrogen and oxygen atoms in total. The van der Waals surface area contributed by atoms with E-state index in [-0.39, 0.29) is 24.2 Å². The Morgan fingerprint density at radius 3 is 2.57 bits per heavy atom. The number of thiophene rings is 1. The van der Waals surface area contributed by atoms with Gasteiger partial charge in [0, 0.05) is 29.1 Å². The summed E-state index contributed by atoms with van der Waals surface area (Å²) in [6.45, 7) is 3.16. The first-order valence-corrected chi connectivity index (χ1v) is 12.8. The summed E-state index contributed by atoms with van der Waals surface area (Å²) in [5.74, 6) is 6.91. The first-order valence-electron chi connectivity index (χ1n) is 12.0. The summed E-state index contributed by atoms with van der Waals surface area (Å²) >= 11 is 1.78. The van der Waals surface area contributed by atoms with E-state index in [0.717, 1.165) is 30.5 Å². The van der Waals surface area contributed by atoms with E-state index in [4.69, 9.17) is 9.47 Å². The highest BCUT2D eigenvalue weighted by molar-refractivity contribution is 7.22. The highest BCUT2D eigenvalue weighted by Crippen LogP contribution is 2.38. The average Bonchev–Trinajstić information content (AvgIpc) is 3.26. The lowest BCUT2D eigenvalue weighted by atomic mass is 10.0. The van der Waals surface area contributed by atoms with Crippen molar-refractivity contribution in [2.75, 3.05) is 6.61 Å². The molecule has 3 atom stereocenters. The van der Waals surface area contributed by atoms with E-state index < -0.39 is 0 Å². The quantitative estimate of drug-likeness (QED) is 0.315. The largest absolute Gasteiger partial charge is 0.508 e. The number of nitrogens with one attached hydrogen (secondary N) is 1. The number of phenols is 1. The maximum atomic E-state index is 9.44. The van der Waals surface area contributed by atoms with E-state index in [1.165, 1.54) is 20.5 Å². The molecule has 1 saturated heterocycles. The zero-order valence-electron chi connectivity index (χ0n) is 19.7. The van der Waals surface area contributed by atoms with Gasteiger partial charge in [0.15, 0.2) is 6.29 Å². The molecule has 1 fully saturated rings. The van der Waals surface area contributed by atoms with E-state index in [1.54, 1.807) is 23.5 Å². The van der Waals surface area contributed by atoms with Crippen molar-refractivity contribution in [2.45, 2.75) is 44.7 Å². The Hall–Kier alpha value is -3.14. The van der Waals surface area contributed by atoms with Gasteiger partial charge in [-0.05, 0) is 42.7 Å². The second kappa shape index (κ2) is 11.1. The van der Waals surface area contributed by atoms with Crippen molar-refractivity contribution in [1.29, 1.82) is 0 Å². The number of benzene rings is 3. The third-order valence-corrected chi connectivity index (χ3v) is 7.56. The van der Waals surface area contributed by atoms with E-state index in [9.17, 15) is 5.11 Å². The van der Waals surface area contributed by atoms with Crippen LogP contribution in [0.5, 0.6) is 5.75 Å². The zero-order chi connectivity index (χ0) is 24.0.